The largest absolute Gasteiger partial charge is 0.480 e. The minimum absolute atomic E-state index is 0.145. The van der Waals surface area contributed by atoms with Crippen LogP contribution in [-0.2, 0) is 19.2 Å². The molecule has 0 radical (unpaired) electrons. The van der Waals surface area contributed by atoms with Gasteiger partial charge < -0.3 is 9.84 Å². The summed E-state index contributed by atoms with van der Waals surface area (Å²) in [7, 11) is 1.50. The van der Waals surface area contributed by atoms with Gasteiger partial charge >= 0.3 is 5.97 Å². The molecule has 0 unspecified atom stereocenters. The van der Waals surface area contributed by atoms with Gasteiger partial charge in [0.15, 0.2) is 6.04 Å². The molecule has 0 aromatic carbocycles. The lowest BCUT2D eigenvalue weighted by molar-refractivity contribution is -0.213. The Balaban J connectivity index is 4.59. The second kappa shape index (κ2) is 7.19. The Morgan fingerprint density at radius 2 is 1.88 bits per heavy atom. The second-order valence-corrected chi connectivity index (χ2v) is 3.70. The van der Waals surface area contributed by atoms with E-state index in [1.807, 2.05) is 0 Å². The number of hydrogen-bond acceptors (Lipinski definition) is 4. The van der Waals surface area contributed by atoms with Crippen LogP contribution in [-0.4, -0.2) is 48.4 Å². The van der Waals surface area contributed by atoms with E-state index in [0.717, 1.165) is 5.06 Å². The number of carboxylic acid groups (broad SMARTS) is 1. The van der Waals surface area contributed by atoms with Crippen LogP contribution >= 0.6 is 0 Å². The van der Waals surface area contributed by atoms with Crippen LogP contribution in [0.3, 0.4) is 0 Å². The maximum absolute atomic E-state index is 11.3. The molecule has 0 saturated heterocycles. The Hall–Kier alpha value is -1.14. The van der Waals surface area contributed by atoms with Crippen molar-refractivity contribution in [3.05, 3.63) is 0 Å². The Labute approximate surface area is 95.1 Å². The van der Waals surface area contributed by atoms with E-state index in [-0.39, 0.29) is 12.5 Å². The predicted molar refractivity (Wildman–Crippen MR) is 56.6 cm³/mol. The summed E-state index contributed by atoms with van der Waals surface area (Å²) in [6.07, 6.45) is 0. The first kappa shape index (κ1) is 14.9. The average Bonchev–Trinajstić information content (AvgIpc) is 2.14. The van der Waals surface area contributed by atoms with E-state index in [4.69, 9.17) is 14.7 Å². The molecule has 0 aliphatic heterocycles. The molecule has 0 aromatic heterocycles. The van der Waals surface area contributed by atoms with Crippen molar-refractivity contribution in [3.63, 3.8) is 0 Å². The Morgan fingerprint density at radius 1 is 1.31 bits per heavy atom. The molecule has 0 spiro atoms. The number of hydroxylamine groups is 2. The molecule has 16 heavy (non-hydrogen) atoms. The zero-order valence-electron chi connectivity index (χ0n) is 10.1. The lowest BCUT2D eigenvalue weighted by atomic mass is 10.0. The maximum atomic E-state index is 11.3. The van der Waals surface area contributed by atoms with Crippen LogP contribution in [0, 0.1) is 5.92 Å². The number of methoxy groups -OCH3 is 1. The van der Waals surface area contributed by atoms with Crippen LogP contribution in [0.2, 0.25) is 0 Å². The minimum Gasteiger partial charge on any atom is -0.480 e. The van der Waals surface area contributed by atoms with Crippen LogP contribution in [0.1, 0.15) is 20.8 Å². The predicted octanol–water partition coefficient (Wildman–Crippen LogP) is 0.522. The zero-order valence-corrected chi connectivity index (χ0v) is 10.1. The molecule has 0 fully saturated rings. The summed E-state index contributed by atoms with van der Waals surface area (Å²) < 4.78 is 4.76. The van der Waals surface area contributed by atoms with Crippen LogP contribution in [0.5, 0.6) is 0 Å². The smallest absolute Gasteiger partial charge is 0.329 e. The summed E-state index contributed by atoms with van der Waals surface area (Å²) in [4.78, 5) is 27.4. The van der Waals surface area contributed by atoms with Gasteiger partial charge in [-0.25, -0.2) is 9.86 Å². The van der Waals surface area contributed by atoms with Gasteiger partial charge in [-0.15, -0.1) is 0 Å². The number of carbonyl (C=O) groups is 2. The highest BCUT2D eigenvalue weighted by Gasteiger charge is 2.31. The Bertz CT molecular complexity index is 241. The van der Waals surface area contributed by atoms with Gasteiger partial charge in [-0.2, -0.15) is 0 Å². The van der Waals surface area contributed by atoms with Gasteiger partial charge in [0.2, 0.25) is 5.91 Å². The molecule has 0 aromatic rings. The van der Waals surface area contributed by atoms with E-state index < -0.39 is 17.9 Å². The van der Waals surface area contributed by atoms with Crippen LogP contribution in [0.4, 0.5) is 0 Å². The van der Waals surface area contributed by atoms with Gasteiger partial charge in [-0.1, -0.05) is 13.8 Å². The molecule has 6 heteroatoms. The van der Waals surface area contributed by atoms with Crippen molar-refractivity contribution in [2.45, 2.75) is 26.8 Å². The number of aliphatic carboxylic acids is 1. The molecule has 6 nitrogen and oxygen atoms in total. The molecular weight excluding hydrogens is 214 g/mol. The first-order chi connectivity index (χ1) is 7.41. The number of nitrogens with zero attached hydrogens (tertiary/aromatic N) is 1. The summed E-state index contributed by atoms with van der Waals surface area (Å²) in [5, 5.41) is 9.91. The SMILES string of the molecule is COCCON(C(C)=O)[C@H](C(=O)O)C(C)C. The molecule has 0 rings (SSSR count). The fraction of sp³-hybridized carbons (Fsp3) is 0.800. The molecular formula is C10H19NO5. The summed E-state index contributed by atoms with van der Waals surface area (Å²) in [6, 6.07) is -0.977. The number of ether oxygens (including phenoxy) is 1. The van der Waals surface area contributed by atoms with E-state index in [1.54, 1.807) is 13.8 Å². The van der Waals surface area contributed by atoms with E-state index in [1.165, 1.54) is 14.0 Å². The number of carboxylic acids is 1. The molecule has 94 valence electrons. The normalized spacial score (nSPS) is 12.6. The van der Waals surface area contributed by atoms with Crippen molar-refractivity contribution in [1.29, 1.82) is 0 Å². The summed E-state index contributed by atoms with van der Waals surface area (Å²) in [5.74, 6) is -1.75. The molecule has 1 amide bonds. The Kier molecular flexibility index (Phi) is 6.67. The van der Waals surface area contributed by atoms with Gasteiger partial charge in [0, 0.05) is 14.0 Å². The van der Waals surface area contributed by atoms with Crippen LogP contribution < -0.4 is 0 Å². The summed E-state index contributed by atoms with van der Waals surface area (Å²) in [6.45, 7) is 5.15. The van der Waals surface area contributed by atoms with Crippen molar-refractivity contribution in [1.82, 2.24) is 5.06 Å². The summed E-state index contributed by atoms with van der Waals surface area (Å²) >= 11 is 0. The van der Waals surface area contributed by atoms with Crippen molar-refractivity contribution >= 4 is 11.9 Å². The minimum atomic E-state index is -1.08. The van der Waals surface area contributed by atoms with Gasteiger partial charge in [0.25, 0.3) is 0 Å². The quantitative estimate of drug-likeness (QED) is 0.512. The lowest BCUT2D eigenvalue weighted by Crippen LogP contribution is -2.47. The molecule has 1 N–H and O–H groups in total. The fourth-order valence-corrected chi connectivity index (χ4v) is 1.24. The van der Waals surface area contributed by atoms with E-state index in [0.29, 0.717) is 6.61 Å². The number of hydrogen-bond donors (Lipinski definition) is 1. The highest BCUT2D eigenvalue weighted by Crippen LogP contribution is 2.12. The van der Waals surface area contributed by atoms with Gasteiger partial charge in [0.05, 0.1) is 13.2 Å². The standard InChI is InChI=1S/C10H19NO5/c1-7(2)9(10(13)14)11(8(3)12)16-6-5-15-4/h7,9H,5-6H2,1-4H3,(H,13,14)/t9-/m0/s1. The van der Waals surface area contributed by atoms with Gasteiger partial charge in [-0.05, 0) is 5.92 Å². The first-order valence-corrected chi connectivity index (χ1v) is 5.06. The number of amides is 1. The summed E-state index contributed by atoms with van der Waals surface area (Å²) in [5.41, 5.74) is 0. The van der Waals surface area contributed by atoms with Gasteiger partial charge in [0.1, 0.15) is 0 Å². The molecule has 0 aliphatic rings. The van der Waals surface area contributed by atoms with Crippen LogP contribution in [0.25, 0.3) is 0 Å². The molecule has 0 heterocycles. The third-order valence-electron chi connectivity index (χ3n) is 1.97. The molecule has 0 saturated carbocycles. The van der Waals surface area contributed by atoms with Crippen molar-refractivity contribution in [2.24, 2.45) is 5.92 Å². The second-order valence-electron chi connectivity index (χ2n) is 3.70. The monoisotopic (exact) mass is 233 g/mol. The third-order valence-corrected chi connectivity index (χ3v) is 1.97. The average molecular weight is 233 g/mol. The molecule has 0 bridgehead atoms. The maximum Gasteiger partial charge on any atom is 0.329 e. The van der Waals surface area contributed by atoms with Crippen LogP contribution in [0.15, 0.2) is 0 Å². The van der Waals surface area contributed by atoms with E-state index in [2.05, 4.69) is 0 Å². The topological polar surface area (TPSA) is 76.1 Å². The van der Waals surface area contributed by atoms with Gasteiger partial charge in [-0.3, -0.25) is 9.63 Å². The first-order valence-electron chi connectivity index (χ1n) is 5.06. The third kappa shape index (κ3) is 4.59. The van der Waals surface area contributed by atoms with Crippen molar-refractivity contribution in [3.8, 4) is 0 Å². The highest BCUT2D eigenvalue weighted by atomic mass is 16.7. The number of rotatable bonds is 7. The molecule has 1 atom stereocenters. The highest BCUT2D eigenvalue weighted by molar-refractivity contribution is 5.81. The zero-order chi connectivity index (χ0) is 12.7. The lowest BCUT2D eigenvalue weighted by Gasteiger charge is -2.29. The van der Waals surface area contributed by atoms with Crippen molar-refractivity contribution < 1.29 is 24.3 Å². The molecule has 0 aliphatic carbocycles. The van der Waals surface area contributed by atoms with E-state index in [9.17, 15) is 9.59 Å². The fourth-order valence-electron chi connectivity index (χ4n) is 1.24. The van der Waals surface area contributed by atoms with E-state index >= 15 is 0 Å². The number of carbonyl (C=O) groups excluding carboxylic acids is 1. The van der Waals surface area contributed by atoms with Crippen molar-refractivity contribution in [2.75, 3.05) is 20.3 Å². The Morgan fingerprint density at radius 3 is 2.19 bits per heavy atom.